The van der Waals surface area contributed by atoms with Crippen molar-refractivity contribution in [1.29, 1.82) is 0 Å². The van der Waals surface area contributed by atoms with Crippen LogP contribution in [0.5, 0.6) is 0 Å². The van der Waals surface area contributed by atoms with Crippen LogP contribution in [-0.4, -0.2) is 13.1 Å². The summed E-state index contributed by atoms with van der Waals surface area (Å²) < 4.78 is 5.28. The van der Waals surface area contributed by atoms with E-state index in [0.29, 0.717) is 18.3 Å². The van der Waals surface area contributed by atoms with Gasteiger partial charge in [0, 0.05) is 17.8 Å². The predicted molar refractivity (Wildman–Crippen MR) is 203 cm³/mol. The molecule has 1 aromatic carbocycles. The maximum absolute atomic E-state index is 12.7. The second kappa shape index (κ2) is 8.30. The van der Waals surface area contributed by atoms with Crippen molar-refractivity contribution in [2.24, 2.45) is 166 Å². The van der Waals surface area contributed by atoms with Crippen LogP contribution in [0, 0.1) is 166 Å². The maximum atomic E-state index is 12.7. The van der Waals surface area contributed by atoms with Gasteiger partial charge in [-0.2, -0.15) is 0 Å². The summed E-state index contributed by atoms with van der Waals surface area (Å²) >= 11 is 0. The number of ether oxygens (including phenoxy) is 1. The molecule has 0 heterocycles. The van der Waals surface area contributed by atoms with Crippen molar-refractivity contribution in [2.75, 3.05) is 7.11 Å². The van der Waals surface area contributed by atoms with Gasteiger partial charge in [-0.3, -0.25) is 4.79 Å². The van der Waals surface area contributed by atoms with Gasteiger partial charge in [-0.25, -0.2) is 0 Å². The van der Waals surface area contributed by atoms with Gasteiger partial charge < -0.3 is 4.74 Å². The van der Waals surface area contributed by atoms with Crippen molar-refractivity contribution in [2.45, 2.75) is 50.4 Å². The van der Waals surface area contributed by atoms with Crippen molar-refractivity contribution < 1.29 is 9.53 Å². The quantitative estimate of drug-likeness (QED) is 0.225. The van der Waals surface area contributed by atoms with Crippen molar-refractivity contribution in [3.63, 3.8) is 0 Å². The number of allylic oxidation sites excluding steroid dienone is 8. The second-order valence-corrected chi connectivity index (χ2v) is 23.6. The Morgan fingerprint density at radius 3 is 2.00 bits per heavy atom. The maximum Gasteiger partial charge on any atom is 0.305 e. The minimum Gasteiger partial charge on any atom is -0.469 e. The average molecular weight is 711 g/mol. The van der Waals surface area contributed by atoms with Gasteiger partial charge >= 0.3 is 5.97 Å². The van der Waals surface area contributed by atoms with E-state index < -0.39 is 0 Å². The first-order valence-corrected chi connectivity index (χ1v) is 23.7. The second-order valence-electron chi connectivity index (χ2n) is 23.6. The van der Waals surface area contributed by atoms with Crippen LogP contribution in [0.15, 0.2) is 76.9 Å². The SMILES string of the molecule is COC(=O)CCCC1(c2ccccc2)C2C3=C4C5C6C7=C8C9C(C=CC3C95)C3C=CC5C9CCC%10C%11CCC%12C%13C%11C%11C%10C9C(C7C%11C6C%13C4C%12C21)C5C83. The molecule has 2 nitrogen and oxygen atoms in total. The lowest BCUT2D eigenvalue weighted by Crippen LogP contribution is -2.57. The van der Waals surface area contributed by atoms with E-state index in [2.05, 4.69) is 76.9 Å². The van der Waals surface area contributed by atoms with Crippen molar-refractivity contribution >= 4 is 5.97 Å². The zero-order chi connectivity index (χ0) is 34.2. The van der Waals surface area contributed by atoms with Crippen molar-refractivity contribution in [3.8, 4) is 0 Å². The minimum atomic E-state index is -0.00581. The summed E-state index contributed by atoms with van der Waals surface area (Å²) in [5, 5.41) is 0. The molecule has 0 aromatic heterocycles. The zero-order valence-electron chi connectivity index (χ0n) is 31.6. The van der Waals surface area contributed by atoms with Crippen LogP contribution < -0.4 is 0 Å². The normalized spacial score (nSPS) is 67.5. The largest absolute Gasteiger partial charge is 0.469 e. The number of fused-ring (bicyclic) bond motifs is 8. The third-order valence-corrected chi connectivity index (χ3v) is 24.4. The van der Waals surface area contributed by atoms with E-state index in [1.807, 2.05) is 0 Å². The topological polar surface area (TPSA) is 26.3 Å². The highest BCUT2D eigenvalue weighted by atomic mass is 16.5. The fourth-order valence-corrected chi connectivity index (χ4v) is 25.2. The lowest BCUT2D eigenvalue weighted by molar-refractivity contribution is -0.140. The van der Waals surface area contributed by atoms with Gasteiger partial charge in [0.05, 0.1) is 7.11 Å². The fourth-order valence-electron chi connectivity index (χ4n) is 25.2. The highest BCUT2D eigenvalue weighted by Crippen LogP contribution is 2.93. The highest BCUT2D eigenvalue weighted by Gasteiger charge is 2.88. The van der Waals surface area contributed by atoms with Gasteiger partial charge in [-0.1, -0.05) is 76.9 Å². The third kappa shape index (κ3) is 2.37. The highest BCUT2D eigenvalue weighted by molar-refractivity contribution is 5.69. The molecule has 274 valence electrons. The van der Waals surface area contributed by atoms with Crippen LogP contribution in [0.25, 0.3) is 0 Å². The molecule has 0 N–H and O–H groups in total. The summed E-state index contributed by atoms with van der Waals surface area (Å²) in [4.78, 5) is 12.7. The number of methoxy groups -OCH3 is 1. The van der Waals surface area contributed by atoms with Gasteiger partial charge in [-0.05, 0) is 204 Å². The Bertz CT molecular complexity index is 2210. The number of carbonyl (C=O) groups excluding carboxylic acids is 1. The van der Waals surface area contributed by atoms with Crippen LogP contribution in [-0.2, 0) is 14.9 Å². The molecule has 0 bridgehead atoms. The van der Waals surface area contributed by atoms with Gasteiger partial charge in [0.25, 0.3) is 0 Å². The summed E-state index contributed by atoms with van der Waals surface area (Å²) in [6.07, 6.45) is 20.8. The lowest BCUT2D eigenvalue weighted by Gasteiger charge is -2.60. The van der Waals surface area contributed by atoms with Crippen LogP contribution in [0.2, 0.25) is 0 Å². The van der Waals surface area contributed by atoms with Crippen LogP contribution >= 0.6 is 0 Å². The fraction of sp³-hybridized carbons (Fsp3) is 0.712. The summed E-state index contributed by atoms with van der Waals surface area (Å²) in [7, 11) is 1.59. The van der Waals surface area contributed by atoms with Crippen LogP contribution in [0.1, 0.15) is 50.5 Å². The van der Waals surface area contributed by atoms with E-state index >= 15 is 0 Å². The Morgan fingerprint density at radius 2 is 1.17 bits per heavy atom. The lowest BCUT2D eigenvalue weighted by atomic mass is 9.44. The van der Waals surface area contributed by atoms with Crippen LogP contribution in [0.3, 0.4) is 0 Å². The molecule has 17 aliphatic rings. The summed E-state index contributed by atoms with van der Waals surface area (Å²) in [6.45, 7) is 0. The van der Waals surface area contributed by atoms with Gasteiger partial charge in [0.2, 0.25) is 0 Å². The van der Waals surface area contributed by atoms with Gasteiger partial charge in [0.1, 0.15) is 0 Å². The monoisotopic (exact) mass is 710 g/mol. The Kier molecular flexibility index (Phi) is 4.32. The van der Waals surface area contributed by atoms with Crippen molar-refractivity contribution in [1.82, 2.24) is 0 Å². The molecule has 18 rings (SSSR count). The molecule has 0 aliphatic heterocycles. The number of benzene rings is 1. The number of hydrogen-bond donors (Lipinski definition) is 0. The summed E-state index contributed by atoms with van der Waals surface area (Å²) in [5.74, 6) is 26.6. The zero-order valence-corrected chi connectivity index (χ0v) is 31.6. The summed E-state index contributed by atoms with van der Waals surface area (Å²) in [5.41, 5.74) is 10.6. The number of esters is 1. The third-order valence-electron chi connectivity index (χ3n) is 24.4. The van der Waals surface area contributed by atoms with Gasteiger partial charge in [0.15, 0.2) is 0 Å². The molecule has 0 spiro atoms. The first-order chi connectivity index (χ1) is 26.7. The van der Waals surface area contributed by atoms with E-state index in [1.165, 1.54) is 6.42 Å². The molecule has 0 amide bonds. The van der Waals surface area contributed by atoms with E-state index in [4.69, 9.17) is 4.74 Å². The van der Waals surface area contributed by atoms with Crippen LogP contribution in [0.4, 0.5) is 0 Å². The van der Waals surface area contributed by atoms with Gasteiger partial charge in [-0.15, -0.1) is 0 Å². The first-order valence-electron chi connectivity index (χ1n) is 23.7. The smallest absolute Gasteiger partial charge is 0.305 e. The molecule has 54 heavy (non-hydrogen) atoms. The van der Waals surface area contributed by atoms with E-state index in [-0.39, 0.29) is 11.4 Å². The molecule has 29 atom stereocenters. The van der Waals surface area contributed by atoms with E-state index in [9.17, 15) is 4.79 Å². The number of carbonyl (C=O) groups is 1. The number of rotatable bonds is 5. The standard InChI is InChI=1S/C52H54O2/c1-54-27(53)8-5-17-52(18-6-3-2-4-7-18)50-36-25-15-13-23-21-11-9-19-20-10-12-22-24-14-16-26-35-33(24)40-31(22)29(20)38-28(19)30(21)39-32(23)34(25)41-43(36)44(37(26)51(50)52)42(35)49-47(40)45(38)46(39)48(41)49/h2-4,6-7,9,11,13,15,19-26,28-35,37-38,40-42,44-45,47-51H,5,8,10,12,14,16-17H2,1H3. The molecule has 2 heteroatoms. The predicted octanol–water partition coefficient (Wildman–Crippen LogP) is 9.02. The Balaban J connectivity index is 0.943. The van der Waals surface area contributed by atoms with E-state index in [0.717, 1.165) is 160 Å². The van der Waals surface area contributed by atoms with Crippen molar-refractivity contribution in [3.05, 3.63) is 82.5 Å². The Morgan fingerprint density at radius 1 is 0.574 bits per heavy atom. The Labute approximate surface area is 320 Å². The average Bonchev–Trinajstić information content (AvgIpc) is 3.81. The number of hydrogen-bond acceptors (Lipinski definition) is 2. The Hall–Kier alpha value is -2.35. The molecule has 11 saturated carbocycles. The summed E-state index contributed by atoms with van der Waals surface area (Å²) in [6, 6.07) is 12.1. The molecule has 1 aromatic rings. The van der Waals surface area contributed by atoms with E-state index in [1.54, 1.807) is 38.4 Å². The molecule has 29 unspecified atom stereocenters. The molecular formula is C52H54O2. The minimum absolute atomic E-state index is 0.00581. The molecule has 11 fully saturated rings. The molecule has 0 saturated heterocycles. The molecule has 17 aliphatic carbocycles. The molecule has 0 radical (unpaired) electrons. The first kappa shape index (κ1) is 28.1. The molecular weight excluding hydrogens is 657 g/mol.